The molecule has 0 bridgehead atoms. The zero-order valence-electron chi connectivity index (χ0n) is 12.1. The molecule has 6 nitrogen and oxygen atoms in total. The topological polar surface area (TPSA) is 93.0 Å². The Labute approximate surface area is 122 Å². The maximum Gasteiger partial charge on any atom is 0.260 e. The van der Waals surface area contributed by atoms with E-state index in [2.05, 4.69) is 22.2 Å². The second-order valence-corrected chi connectivity index (χ2v) is 5.44. The minimum absolute atomic E-state index is 0.176. The molecule has 1 aromatic carbocycles. The molecule has 2 unspecified atom stereocenters. The molecule has 0 amide bonds. The minimum atomic E-state index is -0.176. The van der Waals surface area contributed by atoms with Crippen LogP contribution in [0.2, 0.25) is 0 Å². The van der Waals surface area contributed by atoms with Crippen LogP contribution in [-0.4, -0.2) is 29.2 Å². The number of benzene rings is 1. The van der Waals surface area contributed by atoms with Crippen LogP contribution in [0.3, 0.4) is 0 Å². The molecule has 6 heteroatoms. The van der Waals surface area contributed by atoms with Gasteiger partial charge in [0.05, 0.1) is 17.0 Å². The van der Waals surface area contributed by atoms with Gasteiger partial charge in [0.25, 0.3) is 5.56 Å². The molecule has 2 heterocycles. The summed E-state index contributed by atoms with van der Waals surface area (Å²) in [5, 5.41) is 3.73. The molecule has 0 radical (unpaired) electrons. The second-order valence-electron chi connectivity index (χ2n) is 5.44. The van der Waals surface area contributed by atoms with Gasteiger partial charge in [-0.15, -0.1) is 0 Å². The monoisotopic (exact) mass is 288 g/mol. The van der Waals surface area contributed by atoms with Crippen LogP contribution in [0.25, 0.3) is 10.9 Å². The van der Waals surface area contributed by atoms with E-state index in [1.54, 1.807) is 18.2 Å². The molecule has 0 saturated carbocycles. The SMILES string of the molecule is CCC1OCCC1CNc1nc2ccc(N)cc2c(=O)[nH]1. The number of hydrogen-bond acceptors (Lipinski definition) is 5. The van der Waals surface area contributed by atoms with Crippen molar-refractivity contribution >= 4 is 22.5 Å². The smallest absolute Gasteiger partial charge is 0.260 e. The third-order valence-corrected chi connectivity index (χ3v) is 4.01. The van der Waals surface area contributed by atoms with Crippen molar-refractivity contribution in [1.29, 1.82) is 0 Å². The van der Waals surface area contributed by atoms with Crippen molar-refractivity contribution in [2.45, 2.75) is 25.9 Å². The fourth-order valence-corrected chi connectivity index (χ4v) is 2.85. The first-order valence-electron chi connectivity index (χ1n) is 7.32. The van der Waals surface area contributed by atoms with Crippen LogP contribution in [0.1, 0.15) is 19.8 Å². The Hall–Kier alpha value is -2.08. The molecule has 0 aliphatic carbocycles. The van der Waals surface area contributed by atoms with E-state index in [1.807, 2.05) is 0 Å². The highest BCUT2D eigenvalue weighted by Gasteiger charge is 2.26. The summed E-state index contributed by atoms with van der Waals surface area (Å²) in [4.78, 5) is 19.2. The van der Waals surface area contributed by atoms with Crippen molar-refractivity contribution < 1.29 is 4.74 Å². The van der Waals surface area contributed by atoms with Gasteiger partial charge in [-0.3, -0.25) is 9.78 Å². The Morgan fingerprint density at radius 2 is 2.38 bits per heavy atom. The van der Waals surface area contributed by atoms with Crippen LogP contribution >= 0.6 is 0 Å². The number of nitrogens with one attached hydrogen (secondary N) is 2. The van der Waals surface area contributed by atoms with Crippen LogP contribution in [0.5, 0.6) is 0 Å². The summed E-state index contributed by atoms with van der Waals surface area (Å²) >= 11 is 0. The van der Waals surface area contributed by atoms with Gasteiger partial charge in [-0.25, -0.2) is 4.98 Å². The summed E-state index contributed by atoms with van der Waals surface area (Å²) in [6.07, 6.45) is 2.34. The van der Waals surface area contributed by atoms with E-state index in [1.165, 1.54) is 0 Å². The number of nitrogens with two attached hydrogens (primary N) is 1. The highest BCUT2D eigenvalue weighted by Crippen LogP contribution is 2.23. The lowest BCUT2D eigenvalue weighted by Crippen LogP contribution is -2.24. The molecule has 1 aromatic heterocycles. The van der Waals surface area contributed by atoms with Gasteiger partial charge in [0.15, 0.2) is 0 Å². The first-order valence-corrected chi connectivity index (χ1v) is 7.32. The van der Waals surface area contributed by atoms with Gasteiger partial charge in [0.2, 0.25) is 5.95 Å². The zero-order valence-corrected chi connectivity index (χ0v) is 12.1. The lowest BCUT2D eigenvalue weighted by Gasteiger charge is -2.17. The van der Waals surface area contributed by atoms with Crippen molar-refractivity contribution in [3.8, 4) is 0 Å². The average Bonchev–Trinajstić information content (AvgIpc) is 2.93. The van der Waals surface area contributed by atoms with Crippen LogP contribution in [0.4, 0.5) is 11.6 Å². The van der Waals surface area contributed by atoms with Crippen molar-refractivity contribution in [1.82, 2.24) is 9.97 Å². The zero-order chi connectivity index (χ0) is 14.8. The van der Waals surface area contributed by atoms with Crippen LogP contribution < -0.4 is 16.6 Å². The summed E-state index contributed by atoms with van der Waals surface area (Å²) in [6.45, 7) is 3.69. The lowest BCUT2D eigenvalue weighted by molar-refractivity contribution is 0.0900. The molecule has 2 aromatic rings. The van der Waals surface area contributed by atoms with Gasteiger partial charge in [-0.05, 0) is 31.0 Å². The Bertz CT molecular complexity index is 698. The summed E-state index contributed by atoms with van der Waals surface area (Å²) < 4.78 is 5.66. The maximum atomic E-state index is 12.1. The highest BCUT2D eigenvalue weighted by atomic mass is 16.5. The number of anilines is 2. The number of fused-ring (bicyclic) bond motifs is 1. The Morgan fingerprint density at radius 3 is 3.19 bits per heavy atom. The summed E-state index contributed by atoms with van der Waals surface area (Å²) in [6, 6.07) is 5.15. The van der Waals surface area contributed by atoms with E-state index in [-0.39, 0.29) is 5.56 Å². The van der Waals surface area contributed by atoms with E-state index >= 15 is 0 Å². The maximum absolute atomic E-state index is 12.1. The number of H-pyrrole nitrogens is 1. The molecule has 2 atom stereocenters. The Morgan fingerprint density at radius 1 is 1.52 bits per heavy atom. The number of aromatic nitrogens is 2. The number of hydrogen-bond donors (Lipinski definition) is 3. The third kappa shape index (κ3) is 2.85. The molecule has 1 fully saturated rings. The standard InChI is InChI=1S/C15H20N4O2/c1-2-13-9(5-6-21-13)8-17-15-18-12-4-3-10(16)7-11(12)14(20)19-15/h3-4,7,9,13H,2,5-6,8,16H2,1H3,(H2,17,18,19,20). The average molecular weight is 288 g/mol. The fourth-order valence-electron chi connectivity index (χ4n) is 2.85. The summed E-state index contributed by atoms with van der Waals surface area (Å²) in [7, 11) is 0. The van der Waals surface area contributed by atoms with Gasteiger partial charge in [-0.1, -0.05) is 6.92 Å². The molecular formula is C15H20N4O2. The highest BCUT2D eigenvalue weighted by molar-refractivity contribution is 5.81. The second kappa shape index (κ2) is 5.73. The van der Waals surface area contributed by atoms with Gasteiger partial charge >= 0.3 is 0 Å². The largest absolute Gasteiger partial charge is 0.399 e. The van der Waals surface area contributed by atoms with E-state index in [9.17, 15) is 4.79 Å². The molecule has 4 N–H and O–H groups in total. The molecule has 1 aliphatic rings. The first kappa shape index (κ1) is 13.9. The first-order chi connectivity index (χ1) is 10.2. The Kier molecular flexibility index (Phi) is 3.79. The molecule has 21 heavy (non-hydrogen) atoms. The van der Waals surface area contributed by atoms with Crippen LogP contribution in [0.15, 0.2) is 23.0 Å². The molecule has 112 valence electrons. The van der Waals surface area contributed by atoms with Crippen molar-refractivity contribution in [3.05, 3.63) is 28.6 Å². The van der Waals surface area contributed by atoms with Crippen molar-refractivity contribution in [2.24, 2.45) is 5.92 Å². The van der Waals surface area contributed by atoms with E-state index < -0.39 is 0 Å². The van der Waals surface area contributed by atoms with Gasteiger partial charge in [0.1, 0.15) is 0 Å². The van der Waals surface area contributed by atoms with E-state index in [0.29, 0.717) is 34.6 Å². The number of rotatable bonds is 4. The molecule has 0 spiro atoms. The predicted octanol–water partition coefficient (Wildman–Crippen LogP) is 1.73. The van der Waals surface area contributed by atoms with Gasteiger partial charge < -0.3 is 15.8 Å². The number of ether oxygens (including phenoxy) is 1. The fraction of sp³-hybridized carbons (Fsp3) is 0.467. The van der Waals surface area contributed by atoms with Gasteiger partial charge in [0, 0.05) is 24.8 Å². The van der Waals surface area contributed by atoms with Gasteiger partial charge in [-0.2, -0.15) is 0 Å². The number of aromatic amines is 1. The molecule has 1 aliphatic heterocycles. The molecular weight excluding hydrogens is 268 g/mol. The third-order valence-electron chi connectivity index (χ3n) is 4.01. The van der Waals surface area contributed by atoms with E-state index in [0.717, 1.165) is 26.0 Å². The Balaban J connectivity index is 1.78. The quantitative estimate of drug-likeness (QED) is 0.745. The normalized spacial score (nSPS) is 21.8. The number of nitrogen functional groups attached to an aromatic ring is 1. The van der Waals surface area contributed by atoms with Crippen molar-refractivity contribution in [2.75, 3.05) is 24.2 Å². The minimum Gasteiger partial charge on any atom is -0.399 e. The lowest BCUT2D eigenvalue weighted by atomic mass is 10.00. The van der Waals surface area contributed by atoms with Crippen LogP contribution in [0, 0.1) is 5.92 Å². The summed E-state index contributed by atoms with van der Waals surface area (Å²) in [5.41, 5.74) is 6.72. The van der Waals surface area contributed by atoms with Crippen LogP contribution in [-0.2, 0) is 4.74 Å². The predicted molar refractivity (Wildman–Crippen MR) is 83.4 cm³/mol. The molecule has 1 saturated heterocycles. The number of nitrogens with zero attached hydrogens (tertiary/aromatic N) is 1. The molecule has 3 rings (SSSR count). The van der Waals surface area contributed by atoms with Crippen molar-refractivity contribution in [3.63, 3.8) is 0 Å². The summed E-state index contributed by atoms with van der Waals surface area (Å²) in [5.74, 6) is 0.960. The van der Waals surface area contributed by atoms with E-state index in [4.69, 9.17) is 10.5 Å².